The smallest absolute Gasteiger partial charge is 0.251 e. The van der Waals surface area contributed by atoms with Crippen molar-refractivity contribution in [1.82, 2.24) is 10.2 Å². The summed E-state index contributed by atoms with van der Waals surface area (Å²) < 4.78 is 19.4. The largest absolute Gasteiger partial charge is 0.376 e. The number of carbonyl (C=O) groups is 1. The Morgan fingerprint density at radius 2 is 2.17 bits per heavy atom. The number of halogens is 1. The molecule has 0 bridgehead atoms. The molecular formula is C19H27FN2O2. The van der Waals surface area contributed by atoms with Crippen LogP contribution >= 0.6 is 0 Å². The van der Waals surface area contributed by atoms with Crippen LogP contribution in [0, 0.1) is 17.7 Å². The van der Waals surface area contributed by atoms with E-state index in [0.717, 1.165) is 19.5 Å². The summed E-state index contributed by atoms with van der Waals surface area (Å²) in [6.45, 7) is 3.74. The Morgan fingerprint density at radius 1 is 1.33 bits per heavy atom. The van der Waals surface area contributed by atoms with Gasteiger partial charge < -0.3 is 15.0 Å². The molecule has 1 aliphatic carbocycles. The van der Waals surface area contributed by atoms with Crippen LogP contribution in [-0.2, 0) is 11.3 Å². The number of nitrogens with one attached hydrogen (secondary N) is 1. The molecule has 1 saturated carbocycles. The number of carbonyl (C=O) groups excluding carboxylic acids is 1. The second-order valence-electron chi connectivity index (χ2n) is 7.25. The third-order valence-corrected chi connectivity index (χ3v) is 4.89. The molecule has 0 radical (unpaired) electrons. The third-order valence-electron chi connectivity index (χ3n) is 4.89. The molecule has 1 N–H and O–H groups in total. The highest BCUT2D eigenvalue weighted by molar-refractivity contribution is 5.94. The van der Waals surface area contributed by atoms with Crippen molar-refractivity contribution in [2.45, 2.75) is 32.3 Å². The maximum Gasteiger partial charge on any atom is 0.251 e. The molecule has 0 unspecified atom stereocenters. The highest BCUT2D eigenvalue weighted by Crippen LogP contribution is 2.29. The lowest BCUT2D eigenvalue weighted by atomic mass is 9.98. The molecule has 132 valence electrons. The number of hydrogen-bond donors (Lipinski definition) is 1. The molecule has 5 heteroatoms. The fraction of sp³-hybridized carbons (Fsp3) is 0.632. The summed E-state index contributed by atoms with van der Waals surface area (Å²) in [5.41, 5.74) is 0.964. The van der Waals surface area contributed by atoms with Gasteiger partial charge >= 0.3 is 0 Å². The fourth-order valence-corrected chi connectivity index (χ4v) is 3.23. The lowest BCUT2D eigenvalue weighted by Crippen LogP contribution is -2.39. The minimum absolute atomic E-state index is 0.133. The third kappa shape index (κ3) is 5.02. The first-order valence-electron chi connectivity index (χ1n) is 8.94. The van der Waals surface area contributed by atoms with Gasteiger partial charge in [-0.05, 0) is 69.3 Å². The summed E-state index contributed by atoms with van der Waals surface area (Å²) in [6, 6.07) is 4.52. The van der Waals surface area contributed by atoms with Crippen molar-refractivity contribution in [1.29, 1.82) is 0 Å². The maximum atomic E-state index is 13.9. The number of likely N-dealkylation sites (tertiary alicyclic amines) is 1. The zero-order valence-electron chi connectivity index (χ0n) is 14.4. The summed E-state index contributed by atoms with van der Waals surface area (Å²) in [5.74, 6) is 0.700. The van der Waals surface area contributed by atoms with E-state index in [9.17, 15) is 9.18 Å². The molecule has 4 nitrogen and oxygen atoms in total. The van der Waals surface area contributed by atoms with Gasteiger partial charge in [0.2, 0.25) is 0 Å². The summed E-state index contributed by atoms with van der Waals surface area (Å²) in [4.78, 5) is 14.6. The van der Waals surface area contributed by atoms with E-state index in [2.05, 4.69) is 17.3 Å². The SMILES string of the molecule is CN1CCC[C@@H](CNC(=O)c2ccc(F)c(COCC3CC3)c2)C1. The van der Waals surface area contributed by atoms with Gasteiger partial charge in [-0.1, -0.05) is 0 Å². The quantitative estimate of drug-likeness (QED) is 0.834. The monoisotopic (exact) mass is 334 g/mol. The predicted molar refractivity (Wildman–Crippen MR) is 91.3 cm³/mol. The van der Waals surface area contributed by atoms with Crippen LogP contribution in [0.2, 0.25) is 0 Å². The second kappa shape index (κ2) is 8.08. The molecule has 3 rings (SSSR count). The lowest BCUT2D eigenvalue weighted by molar-refractivity contribution is 0.0935. The predicted octanol–water partition coefficient (Wildman–Crippen LogP) is 2.82. The molecule has 0 spiro atoms. The zero-order valence-corrected chi connectivity index (χ0v) is 14.4. The Kier molecular flexibility index (Phi) is 5.85. The second-order valence-corrected chi connectivity index (χ2v) is 7.25. The number of piperidine rings is 1. The number of amides is 1. The van der Waals surface area contributed by atoms with Crippen molar-refractivity contribution < 1.29 is 13.9 Å². The Hall–Kier alpha value is -1.46. The molecular weight excluding hydrogens is 307 g/mol. The van der Waals surface area contributed by atoms with Crippen molar-refractivity contribution in [2.75, 3.05) is 33.3 Å². The van der Waals surface area contributed by atoms with E-state index in [1.807, 2.05) is 0 Å². The Bertz CT molecular complexity index is 574. The molecule has 1 aromatic rings. The first-order valence-corrected chi connectivity index (χ1v) is 8.94. The fourth-order valence-electron chi connectivity index (χ4n) is 3.23. The van der Waals surface area contributed by atoms with E-state index >= 15 is 0 Å². The van der Waals surface area contributed by atoms with Crippen molar-refractivity contribution in [3.63, 3.8) is 0 Å². The molecule has 0 aromatic heterocycles. The molecule has 24 heavy (non-hydrogen) atoms. The van der Waals surface area contributed by atoms with Crippen LogP contribution in [0.3, 0.4) is 0 Å². The summed E-state index contributed by atoms with van der Waals surface area (Å²) >= 11 is 0. The standard InChI is InChI=1S/C19H27FN2O2/c1-22-8-2-3-15(11-22)10-21-19(23)16-6-7-18(20)17(9-16)13-24-12-14-4-5-14/h6-7,9,14-15H,2-5,8,10-13H2,1H3,(H,21,23)/t15-/m0/s1. The Morgan fingerprint density at radius 3 is 2.92 bits per heavy atom. The molecule has 1 amide bonds. The summed E-state index contributed by atoms with van der Waals surface area (Å²) in [5, 5.41) is 2.99. The molecule has 1 heterocycles. The van der Waals surface area contributed by atoms with Crippen LogP contribution in [0.25, 0.3) is 0 Å². The van der Waals surface area contributed by atoms with Gasteiger partial charge in [0.1, 0.15) is 5.82 Å². The Balaban J connectivity index is 1.51. The van der Waals surface area contributed by atoms with Gasteiger partial charge in [-0.3, -0.25) is 4.79 Å². The lowest BCUT2D eigenvalue weighted by Gasteiger charge is -2.29. The average molecular weight is 334 g/mol. The van der Waals surface area contributed by atoms with Gasteiger partial charge in [0.25, 0.3) is 5.91 Å². The number of nitrogens with zero attached hydrogens (tertiary/aromatic N) is 1. The summed E-state index contributed by atoms with van der Waals surface area (Å²) in [6.07, 6.45) is 4.74. The van der Waals surface area contributed by atoms with Crippen molar-refractivity contribution in [3.05, 3.63) is 35.1 Å². The van der Waals surface area contributed by atoms with Crippen LogP contribution in [0.15, 0.2) is 18.2 Å². The van der Waals surface area contributed by atoms with E-state index in [-0.39, 0.29) is 18.3 Å². The first-order chi connectivity index (χ1) is 11.6. The van der Waals surface area contributed by atoms with E-state index in [0.29, 0.717) is 36.1 Å². The van der Waals surface area contributed by atoms with Crippen LogP contribution in [-0.4, -0.2) is 44.1 Å². The summed E-state index contributed by atoms with van der Waals surface area (Å²) in [7, 11) is 2.11. The van der Waals surface area contributed by atoms with E-state index < -0.39 is 0 Å². The van der Waals surface area contributed by atoms with Gasteiger partial charge in [-0.25, -0.2) is 4.39 Å². The maximum absolute atomic E-state index is 13.9. The number of ether oxygens (including phenoxy) is 1. The average Bonchev–Trinajstić information content (AvgIpc) is 3.39. The molecule has 2 aliphatic rings. The van der Waals surface area contributed by atoms with Gasteiger partial charge in [-0.15, -0.1) is 0 Å². The number of benzene rings is 1. The van der Waals surface area contributed by atoms with Crippen LogP contribution in [0.5, 0.6) is 0 Å². The normalized spacial score (nSPS) is 21.7. The number of hydrogen-bond acceptors (Lipinski definition) is 3. The van der Waals surface area contributed by atoms with Gasteiger partial charge in [0, 0.05) is 30.8 Å². The van der Waals surface area contributed by atoms with E-state index in [1.165, 1.54) is 25.3 Å². The van der Waals surface area contributed by atoms with Crippen LogP contribution in [0.1, 0.15) is 41.6 Å². The van der Waals surface area contributed by atoms with Crippen molar-refractivity contribution >= 4 is 5.91 Å². The minimum atomic E-state index is -0.309. The molecule has 1 aliphatic heterocycles. The molecule has 2 fully saturated rings. The van der Waals surface area contributed by atoms with Crippen molar-refractivity contribution in [3.8, 4) is 0 Å². The topological polar surface area (TPSA) is 41.6 Å². The van der Waals surface area contributed by atoms with Crippen LogP contribution < -0.4 is 5.32 Å². The van der Waals surface area contributed by atoms with Crippen LogP contribution in [0.4, 0.5) is 4.39 Å². The van der Waals surface area contributed by atoms with Crippen molar-refractivity contribution in [2.24, 2.45) is 11.8 Å². The Labute approximate surface area is 143 Å². The highest BCUT2D eigenvalue weighted by atomic mass is 19.1. The van der Waals surface area contributed by atoms with Gasteiger partial charge in [-0.2, -0.15) is 0 Å². The van der Waals surface area contributed by atoms with E-state index in [1.54, 1.807) is 12.1 Å². The number of rotatable bonds is 7. The molecule has 1 saturated heterocycles. The minimum Gasteiger partial charge on any atom is -0.376 e. The molecule has 1 atom stereocenters. The molecule has 1 aromatic carbocycles. The van der Waals surface area contributed by atoms with Gasteiger partial charge in [0.15, 0.2) is 0 Å². The highest BCUT2D eigenvalue weighted by Gasteiger charge is 2.21. The first kappa shape index (κ1) is 17.4. The van der Waals surface area contributed by atoms with Gasteiger partial charge in [0.05, 0.1) is 6.61 Å². The van der Waals surface area contributed by atoms with E-state index in [4.69, 9.17) is 4.74 Å². The zero-order chi connectivity index (χ0) is 16.9.